The molecular weight excluding hydrogens is 359 g/mol. The Morgan fingerprint density at radius 2 is 1.89 bits per heavy atom. The molecule has 8 heteroatoms. The molecule has 3 aliphatic heterocycles. The van der Waals surface area contributed by atoms with Crippen LogP contribution in [0.4, 0.5) is 18.9 Å². The van der Waals surface area contributed by atoms with E-state index in [9.17, 15) is 22.8 Å². The monoisotopic (exact) mass is 381 g/mol. The second kappa shape index (κ2) is 6.82. The van der Waals surface area contributed by atoms with Crippen LogP contribution in [0.25, 0.3) is 0 Å². The molecule has 5 nitrogen and oxygen atoms in total. The minimum Gasteiger partial charge on any atom is -0.331 e. The highest BCUT2D eigenvalue weighted by Crippen LogP contribution is 2.36. The second-order valence-corrected chi connectivity index (χ2v) is 7.51. The molecule has 0 saturated carbocycles. The van der Waals surface area contributed by atoms with E-state index in [0.717, 1.165) is 37.9 Å². The maximum Gasteiger partial charge on any atom is 0.416 e. The highest BCUT2D eigenvalue weighted by molar-refractivity contribution is 5.99. The fourth-order valence-electron chi connectivity index (χ4n) is 4.44. The Morgan fingerprint density at radius 1 is 1.11 bits per heavy atom. The van der Waals surface area contributed by atoms with Crippen LogP contribution in [-0.4, -0.2) is 48.4 Å². The molecule has 0 radical (unpaired) electrons. The van der Waals surface area contributed by atoms with Crippen LogP contribution in [0.2, 0.25) is 0 Å². The summed E-state index contributed by atoms with van der Waals surface area (Å²) in [4.78, 5) is 28.3. The summed E-state index contributed by atoms with van der Waals surface area (Å²) < 4.78 is 40.3. The molecule has 1 N–H and O–H groups in total. The average Bonchev–Trinajstić information content (AvgIpc) is 3.14. The van der Waals surface area contributed by atoms with Gasteiger partial charge in [-0.2, -0.15) is 13.2 Å². The van der Waals surface area contributed by atoms with Gasteiger partial charge in [0.05, 0.1) is 5.56 Å². The van der Waals surface area contributed by atoms with Crippen molar-refractivity contribution < 1.29 is 22.8 Å². The molecule has 27 heavy (non-hydrogen) atoms. The minimum atomic E-state index is -4.58. The number of amides is 2. The number of hydrogen-bond acceptors (Lipinski definition) is 3. The molecule has 2 bridgehead atoms. The Bertz CT molecular complexity index is 751. The van der Waals surface area contributed by atoms with Gasteiger partial charge in [-0.3, -0.25) is 9.59 Å². The van der Waals surface area contributed by atoms with Crippen molar-refractivity contribution >= 4 is 17.5 Å². The van der Waals surface area contributed by atoms with Gasteiger partial charge in [0.1, 0.15) is 0 Å². The van der Waals surface area contributed by atoms with Gasteiger partial charge in [0.15, 0.2) is 0 Å². The molecule has 0 spiro atoms. The van der Waals surface area contributed by atoms with Crippen molar-refractivity contribution in [3.63, 3.8) is 0 Å². The Hall–Kier alpha value is -2.09. The summed E-state index contributed by atoms with van der Waals surface area (Å²) in [5.74, 6) is -0.572. The molecular formula is C19H22F3N3O2. The van der Waals surface area contributed by atoms with Crippen molar-refractivity contribution in [2.75, 3.05) is 24.5 Å². The number of carbonyl (C=O) groups is 2. The molecule has 3 heterocycles. The van der Waals surface area contributed by atoms with Crippen LogP contribution in [0.5, 0.6) is 0 Å². The van der Waals surface area contributed by atoms with Crippen LogP contribution >= 0.6 is 0 Å². The molecule has 2 unspecified atom stereocenters. The average molecular weight is 381 g/mol. The third-order valence-electron chi connectivity index (χ3n) is 5.77. The zero-order chi connectivity index (χ0) is 19.2. The molecule has 146 valence electrons. The van der Waals surface area contributed by atoms with Crippen molar-refractivity contribution in [1.82, 2.24) is 10.2 Å². The van der Waals surface area contributed by atoms with E-state index >= 15 is 0 Å². The molecule has 1 aromatic carbocycles. The van der Waals surface area contributed by atoms with E-state index in [2.05, 4.69) is 5.32 Å². The van der Waals surface area contributed by atoms with E-state index in [1.54, 1.807) is 4.90 Å². The molecule has 0 aromatic heterocycles. The standard InChI is InChI=1S/C19H22F3N3O2/c20-19(21,22)13-8-12(9-16(10-13)24-7-1-2-17(24)26)18(27)25-14-3-4-15(25)11-23-6-5-14/h8-10,14-15,23H,1-7,11H2. The largest absolute Gasteiger partial charge is 0.416 e. The number of fused-ring (bicyclic) bond motifs is 2. The number of alkyl halides is 3. The van der Waals surface area contributed by atoms with Crippen molar-refractivity contribution in [2.45, 2.75) is 50.4 Å². The van der Waals surface area contributed by atoms with E-state index in [0.29, 0.717) is 25.9 Å². The lowest BCUT2D eigenvalue weighted by molar-refractivity contribution is -0.137. The third kappa shape index (κ3) is 3.42. The van der Waals surface area contributed by atoms with Gasteiger partial charge in [-0.1, -0.05) is 0 Å². The summed E-state index contributed by atoms with van der Waals surface area (Å²) in [6, 6.07) is 3.40. The lowest BCUT2D eigenvalue weighted by atomic mass is 10.1. The highest BCUT2D eigenvalue weighted by atomic mass is 19.4. The Morgan fingerprint density at radius 3 is 2.59 bits per heavy atom. The molecule has 3 aliphatic rings. The number of nitrogens with zero attached hydrogens (tertiary/aromatic N) is 2. The van der Waals surface area contributed by atoms with Gasteiger partial charge in [0, 0.05) is 42.8 Å². The SMILES string of the molecule is O=C1CCCN1c1cc(C(=O)N2C3CCNCC2CC3)cc(C(F)(F)F)c1. The summed E-state index contributed by atoms with van der Waals surface area (Å²) >= 11 is 0. The summed E-state index contributed by atoms with van der Waals surface area (Å²) in [6.07, 6.45) is -1.10. The van der Waals surface area contributed by atoms with E-state index in [1.807, 2.05) is 0 Å². The summed E-state index contributed by atoms with van der Waals surface area (Å²) in [6.45, 7) is 1.85. The van der Waals surface area contributed by atoms with Gasteiger partial charge in [-0.05, 0) is 50.4 Å². The van der Waals surface area contributed by atoms with Gasteiger partial charge >= 0.3 is 6.18 Å². The molecule has 4 rings (SSSR count). The molecule has 3 saturated heterocycles. The van der Waals surface area contributed by atoms with Crippen LogP contribution in [0, 0.1) is 0 Å². The van der Waals surface area contributed by atoms with Crippen LogP contribution in [-0.2, 0) is 11.0 Å². The summed E-state index contributed by atoms with van der Waals surface area (Å²) in [5, 5.41) is 3.29. The summed E-state index contributed by atoms with van der Waals surface area (Å²) in [5.41, 5.74) is -0.711. The van der Waals surface area contributed by atoms with Crippen molar-refractivity contribution in [3.8, 4) is 0 Å². The first-order valence-corrected chi connectivity index (χ1v) is 9.40. The number of nitrogens with one attached hydrogen (secondary N) is 1. The second-order valence-electron chi connectivity index (χ2n) is 7.51. The van der Waals surface area contributed by atoms with Gasteiger partial charge in [-0.15, -0.1) is 0 Å². The normalized spacial score (nSPS) is 25.8. The van der Waals surface area contributed by atoms with Gasteiger partial charge in [-0.25, -0.2) is 0 Å². The van der Waals surface area contributed by atoms with Gasteiger partial charge < -0.3 is 15.1 Å². The van der Waals surface area contributed by atoms with Crippen LogP contribution in [0.3, 0.4) is 0 Å². The fourth-order valence-corrected chi connectivity index (χ4v) is 4.44. The predicted octanol–water partition coefficient (Wildman–Crippen LogP) is 2.80. The molecule has 2 amide bonds. The minimum absolute atomic E-state index is 0.0106. The lowest BCUT2D eigenvalue weighted by Gasteiger charge is -2.29. The van der Waals surface area contributed by atoms with E-state index in [1.165, 1.54) is 11.0 Å². The van der Waals surface area contributed by atoms with Gasteiger partial charge in [0.2, 0.25) is 5.91 Å². The van der Waals surface area contributed by atoms with Crippen molar-refractivity contribution in [3.05, 3.63) is 29.3 Å². The van der Waals surface area contributed by atoms with E-state index in [-0.39, 0.29) is 35.1 Å². The Balaban J connectivity index is 1.73. The molecule has 3 fully saturated rings. The molecule has 1 aromatic rings. The number of rotatable bonds is 2. The van der Waals surface area contributed by atoms with E-state index in [4.69, 9.17) is 0 Å². The highest BCUT2D eigenvalue weighted by Gasteiger charge is 2.40. The lowest BCUT2D eigenvalue weighted by Crippen LogP contribution is -2.42. The number of carbonyl (C=O) groups excluding carboxylic acids is 2. The van der Waals surface area contributed by atoms with Crippen molar-refractivity contribution in [1.29, 1.82) is 0 Å². The predicted molar refractivity (Wildman–Crippen MR) is 93.5 cm³/mol. The van der Waals surface area contributed by atoms with Crippen LogP contribution in [0.1, 0.15) is 48.0 Å². The molecule has 0 aliphatic carbocycles. The Kier molecular flexibility index (Phi) is 4.61. The number of anilines is 1. The zero-order valence-electron chi connectivity index (χ0n) is 14.9. The maximum absolute atomic E-state index is 13.4. The van der Waals surface area contributed by atoms with Crippen molar-refractivity contribution in [2.24, 2.45) is 0 Å². The van der Waals surface area contributed by atoms with Gasteiger partial charge in [0.25, 0.3) is 5.91 Å². The zero-order valence-corrected chi connectivity index (χ0v) is 14.9. The number of halogens is 3. The fraction of sp³-hybridized carbons (Fsp3) is 0.579. The summed E-state index contributed by atoms with van der Waals surface area (Å²) in [7, 11) is 0. The first kappa shape index (κ1) is 18.3. The number of benzene rings is 1. The Labute approximate surface area is 155 Å². The first-order valence-electron chi connectivity index (χ1n) is 9.40. The smallest absolute Gasteiger partial charge is 0.331 e. The maximum atomic E-state index is 13.4. The number of hydrogen-bond donors (Lipinski definition) is 1. The molecule has 2 atom stereocenters. The van der Waals surface area contributed by atoms with Crippen LogP contribution in [0.15, 0.2) is 18.2 Å². The van der Waals surface area contributed by atoms with E-state index < -0.39 is 11.7 Å². The first-order chi connectivity index (χ1) is 12.8. The third-order valence-corrected chi connectivity index (χ3v) is 5.77. The quantitative estimate of drug-likeness (QED) is 0.857. The topological polar surface area (TPSA) is 52.7 Å². The van der Waals surface area contributed by atoms with Crippen LogP contribution < -0.4 is 10.2 Å².